The number of hydrogen-bond acceptors (Lipinski definition) is 8. The smallest absolute Gasteiger partial charge is 0.395 e. The van der Waals surface area contributed by atoms with E-state index < -0.39 is 29.7 Å². The lowest BCUT2D eigenvalue weighted by Crippen LogP contribution is -2.36. The molecule has 3 aromatic rings. The normalized spacial score (nSPS) is 14.4. The predicted molar refractivity (Wildman–Crippen MR) is 143 cm³/mol. The molecule has 1 fully saturated rings. The summed E-state index contributed by atoms with van der Waals surface area (Å²) in [6.45, 7) is 2.60. The molecule has 0 spiro atoms. The summed E-state index contributed by atoms with van der Waals surface area (Å²) in [5.74, 6) is -1.44. The molecule has 9 nitrogen and oxygen atoms in total. The minimum atomic E-state index is -4.66. The van der Waals surface area contributed by atoms with E-state index in [0.717, 1.165) is 29.0 Å². The van der Waals surface area contributed by atoms with Crippen LogP contribution in [0, 0.1) is 6.92 Å². The number of aryl methyl sites for hydroxylation is 1. The van der Waals surface area contributed by atoms with Gasteiger partial charge in [-0.3, -0.25) is 9.59 Å². The fraction of sp³-hybridized carbons (Fsp3) is 0.346. The number of anilines is 3. The van der Waals surface area contributed by atoms with E-state index in [1.165, 1.54) is 6.07 Å². The Balaban J connectivity index is 1.65. The summed E-state index contributed by atoms with van der Waals surface area (Å²) in [6, 6.07) is 8.07. The number of piperidine rings is 1. The van der Waals surface area contributed by atoms with Crippen molar-refractivity contribution in [3.05, 3.63) is 58.0 Å². The van der Waals surface area contributed by atoms with E-state index in [2.05, 4.69) is 15.6 Å². The van der Waals surface area contributed by atoms with Crippen molar-refractivity contribution < 1.29 is 33.0 Å². The third-order valence-electron chi connectivity index (χ3n) is 6.33. The Morgan fingerprint density at radius 1 is 1.18 bits per heavy atom. The maximum atomic E-state index is 13.7. The van der Waals surface area contributed by atoms with Crippen molar-refractivity contribution in [2.75, 3.05) is 41.8 Å². The fourth-order valence-electron chi connectivity index (χ4n) is 4.28. The number of rotatable bonds is 8. The van der Waals surface area contributed by atoms with Gasteiger partial charge in [-0.1, -0.05) is 17.4 Å². The molecule has 13 heteroatoms. The number of aliphatic hydroxyl groups is 2. The molecule has 2 aromatic carbocycles. The molecule has 0 bridgehead atoms. The van der Waals surface area contributed by atoms with Gasteiger partial charge in [0.05, 0.1) is 24.0 Å². The number of nitrogens with zero attached hydrogens (tertiary/aromatic N) is 2. The van der Waals surface area contributed by atoms with Crippen LogP contribution in [-0.2, 0) is 6.18 Å². The van der Waals surface area contributed by atoms with Crippen LogP contribution in [0.1, 0.15) is 44.0 Å². The summed E-state index contributed by atoms with van der Waals surface area (Å²) >= 11 is 1.02. The van der Waals surface area contributed by atoms with Crippen molar-refractivity contribution in [2.24, 2.45) is 5.73 Å². The van der Waals surface area contributed by atoms with Gasteiger partial charge in [0.15, 0.2) is 5.13 Å². The number of aliphatic hydroxyl groups excluding tert-OH is 2. The number of aromatic nitrogens is 1. The molecule has 39 heavy (non-hydrogen) atoms. The molecule has 0 atom stereocenters. The van der Waals surface area contributed by atoms with Crippen LogP contribution < -0.4 is 21.3 Å². The minimum Gasteiger partial charge on any atom is -0.395 e. The molecule has 2 amide bonds. The molecule has 1 aliphatic heterocycles. The lowest BCUT2D eigenvalue weighted by molar-refractivity contribution is -0.137. The van der Waals surface area contributed by atoms with Crippen LogP contribution in [0.4, 0.5) is 29.7 Å². The maximum Gasteiger partial charge on any atom is 0.416 e. The van der Waals surface area contributed by atoms with E-state index >= 15 is 0 Å². The van der Waals surface area contributed by atoms with Gasteiger partial charge in [0.1, 0.15) is 4.88 Å². The van der Waals surface area contributed by atoms with E-state index in [1.807, 2.05) is 0 Å². The van der Waals surface area contributed by atoms with Gasteiger partial charge < -0.3 is 31.5 Å². The van der Waals surface area contributed by atoms with Crippen molar-refractivity contribution in [3.8, 4) is 11.3 Å². The van der Waals surface area contributed by atoms with Gasteiger partial charge in [-0.05, 0) is 55.7 Å². The Labute approximate surface area is 226 Å². The lowest BCUT2D eigenvalue weighted by atomic mass is 10.0. The summed E-state index contributed by atoms with van der Waals surface area (Å²) in [7, 11) is 0. The molecule has 0 unspecified atom stereocenters. The van der Waals surface area contributed by atoms with Crippen molar-refractivity contribution in [3.63, 3.8) is 0 Å². The van der Waals surface area contributed by atoms with Gasteiger partial charge in [0.2, 0.25) is 0 Å². The number of nitrogens with one attached hydrogen (secondary N) is 2. The fourth-order valence-corrected chi connectivity index (χ4v) is 5.14. The quantitative estimate of drug-likeness (QED) is 0.280. The third-order valence-corrected chi connectivity index (χ3v) is 7.35. The molecule has 1 aliphatic rings. The zero-order valence-electron chi connectivity index (χ0n) is 21.0. The molecular weight excluding hydrogens is 535 g/mol. The van der Waals surface area contributed by atoms with Crippen molar-refractivity contribution in [1.82, 2.24) is 4.98 Å². The first-order chi connectivity index (χ1) is 18.5. The Morgan fingerprint density at radius 3 is 2.54 bits per heavy atom. The first-order valence-corrected chi connectivity index (χ1v) is 13.0. The van der Waals surface area contributed by atoms with Crippen LogP contribution in [0.15, 0.2) is 36.4 Å². The molecule has 1 aromatic heterocycles. The van der Waals surface area contributed by atoms with E-state index in [1.54, 1.807) is 30.0 Å². The van der Waals surface area contributed by atoms with Crippen LogP contribution >= 0.6 is 11.3 Å². The maximum absolute atomic E-state index is 13.7. The number of amides is 2. The summed E-state index contributed by atoms with van der Waals surface area (Å²) in [6.07, 6.45) is -4.31. The predicted octanol–water partition coefficient (Wildman–Crippen LogP) is 3.85. The molecule has 0 aliphatic carbocycles. The number of carbonyl (C=O) groups is 2. The van der Waals surface area contributed by atoms with Crippen molar-refractivity contribution in [1.29, 1.82) is 0 Å². The van der Waals surface area contributed by atoms with Crippen LogP contribution in [-0.4, -0.2) is 59.4 Å². The van der Waals surface area contributed by atoms with Crippen LogP contribution in [0.3, 0.4) is 0 Å². The first-order valence-electron chi connectivity index (χ1n) is 12.2. The van der Waals surface area contributed by atoms with E-state index in [4.69, 9.17) is 10.8 Å². The zero-order chi connectivity index (χ0) is 28.3. The Kier molecular flexibility index (Phi) is 8.42. The molecule has 208 valence electrons. The topological polar surface area (TPSA) is 141 Å². The highest BCUT2D eigenvalue weighted by atomic mass is 32.1. The Bertz CT molecular complexity index is 1370. The van der Waals surface area contributed by atoms with Gasteiger partial charge in [-0.25, -0.2) is 4.98 Å². The summed E-state index contributed by atoms with van der Waals surface area (Å²) < 4.78 is 41.0. The standard InChI is InChI=1S/C26H28F3N5O4S/c1-14-2-3-17(13-20(14)21-22(23(30)37)39-25(33-21)31-6-9-35)32-24(38)15-10-16(26(27,28)29)12-18(11-15)34-7-4-19(36)5-8-34/h2-3,10-13,19,35-36H,4-9H2,1H3,(H2,30,37)(H,31,33)(H,32,38). The lowest BCUT2D eigenvalue weighted by Gasteiger charge is -2.32. The highest BCUT2D eigenvalue weighted by Gasteiger charge is 2.33. The zero-order valence-corrected chi connectivity index (χ0v) is 21.8. The molecule has 6 N–H and O–H groups in total. The molecule has 0 radical (unpaired) electrons. The van der Waals surface area contributed by atoms with Gasteiger partial charge >= 0.3 is 6.18 Å². The average Bonchev–Trinajstić information content (AvgIpc) is 3.32. The molecule has 4 rings (SSSR count). The number of hydrogen-bond donors (Lipinski definition) is 5. The van der Waals surface area contributed by atoms with Gasteiger partial charge in [-0.15, -0.1) is 0 Å². The Morgan fingerprint density at radius 2 is 1.90 bits per heavy atom. The number of nitrogens with two attached hydrogens (primary N) is 1. The van der Waals surface area contributed by atoms with Gasteiger partial charge in [0.25, 0.3) is 11.8 Å². The highest BCUT2D eigenvalue weighted by Crippen LogP contribution is 2.36. The number of benzene rings is 2. The van der Waals surface area contributed by atoms with Crippen molar-refractivity contribution >= 4 is 39.7 Å². The number of primary amides is 1. The van der Waals surface area contributed by atoms with E-state index in [-0.39, 0.29) is 40.7 Å². The second-order valence-electron chi connectivity index (χ2n) is 9.18. The SMILES string of the molecule is Cc1ccc(NC(=O)c2cc(N3CCC(O)CC3)cc(C(F)(F)F)c2)cc1-c1nc(NCCO)sc1C(N)=O. The Hall–Kier alpha value is -3.68. The van der Waals surface area contributed by atoms with E-state index in [0.29, 0.717) is 36.6 Å². The van der Waals surface area contributed by atoms with Crippen LogP contribution in [0.25, 0.3) is 11.3 Å². The van der Waals surface area contributed by atoms with Crippen LogP contribution in [0.2, 0.25) is 0 Å². The molecular formula is C26H28F3N5O4S. The average molecular weight is 564 g/mol. The third kappa shape index (κ3) is 6.67. The second kappa shape index (κ2) is 11.6. The van der Waals surface area contributed by atoms with E-state index in [9.17, 15) is 27.9 Å². The number of halogens is 3. The molecule has 1 saturated heterocycles. The second-order valence-corrected chi connectivity index (χ2v) is 10.2. The molecule has 2 heterocycles. The monoisotopic (exact) mass is 563 g/mol. The minimum absolute atomic E-state index is 0.141. The highest BCUT2D eigenvalue weighted by molar-refractivity contribution is 7.18. The number of carbonyl (C=O) groups excluding carboxylic acids is 2. The first kappa shape index (κ1) is 28.3. The van der Waals surface area contributed by atoms with Crippen LogP contribution in [0.5, 0.6) is 0 Å². The summed E-state index contributed by atoms with van der Waals surface area (Å²) in [5.41, 5.74) is 6.49. The number of alkyl halides is 3. The molecule has 0 saturated carbocycles. The van der Waals surface area contributed by atoms with Gasteiger partial charge in [0, 0.05) is 42.1 Å². The number of thiazole rings is 1. The summed E-state index contributed by atoms with van der Waals surface area (Å²) in [4.78, 5) is 31.5. The summed E-state index contributed by atoms with van der Waals surface area (Å²) in [5, 5.41) is 24.7. The van der Waals surface area contributed by atoms with Gasteiger partial charge in [-0.2, -0.15) is 13.2 Å². The largest absolute Gasteiger partial charge is 0.416 e. The van der Waals surface area contributed by atoms with Crippen molar-refractivity contribution in [2.45, 2.75) is 32.0 Å².